The lowest BCUT2D eigenvalue weighted by Gasteiger charge is -2.20. The highest BCUT2D eigenvalue weighted by Crippen LogP contribution is 2.16. The molecular formula is C10H13Cl2NOS. The molecule has 0 aromatic carbocycles. The minimum Gasteiger partial charge on any atom is -0.336 e. The Labute approximate surface area is 104 Å². The molecule has 0 bridgehead atoms. The summed E-state index contributed by atoms with van der Waals surface area (Å²) in [6.45, 7) is 3.02. The third-order valence-corrected chi connectivity index (χ3v) is 3.28. The average Bonchev–Trinajstić information content (AvgIpc) is 2.63. The van der Waals surface area contributed by atoms with Crippen LogP contribution in [-0.2, 0) is 0 Å². The Morgan fingerprint density at radius 2 is 1.93 bits per heavy atom. The Morgan fingerprint density at radius 1 is 1.33 bits per heavy atom. The molecule has 0 atom stereocenters. The van der Waals surface area contributed by atoms with Crippen LogP contribution in [-0.4, -0.2) is 35.7 Å². The van der Waals surface area contributed by atoms with Gasteiger partial charge in [0.15, 0.2) is 0 Å². The first-order valence-electron chi connectivity index (χ1n) is 4.64. The third kappa shape index (κ3) is 3.37. The van der Waals surface area contributed by atoms with Crippen LogP contribution in [0, 0.1) is 6.92 Å². The number of alkyl halides is 2. The lowest BCUT2D eigenvalue weighted by molar-refractivity contribution is 0.0775. The molecule has 0 N–H and O–H groups in total. The van der Waals surface area contributed by atoms with Gasteiger partial charge < -0.3 is 4.90 Å². The number of aryl methyl sites for hydroxylation is 1. The second kappa shape index (κ2) is 6.36. The van der Waals surface area contributed by atoms with Gasteiger partial charge >= 0.3 is 0 Å². The van der Waals surface area contributed by atoms with E-state index in [0.717, 1.165) is 11.1 Å². The van der Waals surface area contributed by atoms with Gasteiger partial charge in [0.05, 0.1) is 5.56 Å². The first-order valence-corrected chi connectivity index (χ1v) is 6.66. The minimum atomic E-state index is 0.0232. The van der Waals surface area contributed by atoms with Crippen molar-refractivity contribution in [2.75, 3.05) is 24.8 Å². The summed E-state index contributed by atoms with van der Waals surface area (Å²) in [4.78, 5) is 13.7. The Hall–Kier alpha value is -0.250. The van der Waals surface area contributed by atoms with Crippen LogP contribution in [0.4, 0.5) is 0 Å². The van der Waals surface area contributed by atoms with Gasteiger partial charge in [-0.25, -0.2) is 0 Å². The van der Waals surface area contributed by atoms with E-state index in [1.807, 2.05) is 17.7 Å². The van der Waals surface area contributed by atoms with Crippen molar-refractivity contribution in [2.24, 2.45) is 0 Å². The SMILES string of the molecule is Cc1cscc1C(=O)N(CCCl)CCCl. The number of carbonyl (C=O) groups is 1. The van der Waals surface area contributed by atoms with Crippen LogP contribution in [0.15, 0.2) is 10.8 Å². The fourth-order valence-corrected chi connectivity index (χ4v) is 2.50. The van der Waals surface area contributed by atoms with Crippen molar-refractivity contribution in [3.05, 3.63) is 21.9 Å². The predicted octanol–water partition coefficient (Wildman–Crippen LogP) is 2.98. The quantitative estimate of drug-likeness (QED) is 0.750. The normalized spacial score (nSPS) is 10.3. The van der Waals surface area contributed by atoms with Crippen LogP contribution in [0.3, 0.4) is 0 Å². The van der Waals surface area contributed by atoms with Crippen molar-refractivity contribution in [1.29, 1.82) is 0 Å². The summed E-state index contributed by atoms with van der Waals surface area (Å²) in [5.41, 5.74) is 1.77. The Balaban J connectivity index is 2.76. The summed E-state index contributed by atoms with van der Waals surface area (Å²) in [6, 6.07) is 0. The van der Waals surface area contributed by atoms with Crippen LogP contribution in [0.25, 0.3) is 0 Å². The molecule has 2 nitrogen and oxygen atoms in total. The fourth-order valence-electron chi connectivity index (χ4n) is 1.27. The molecule has 0 aliphatic rings. The standard InChI is InChI=1S/C10H13Cl2NOS/c1-8-6-15-7-9(8)10(14)13(4-2-11)5-3-12/h6-7H,2-5H2,1H3. The second-order valence-corrected chi connectivity index (χ2v) is 4.64. The van der Waals surface area contributed by atoms with E-state index in [1.54, 1.807) is 4.90 Å². The largest absolute Gasteiger partial charge is 0.336 e. The number of rotatable bonds is 5. The van der Waals surface area contributed by atoms with Crippen molar-refractivity contribution in [2.45, 2.75) is 6.92 Å². The van der Waals surface area contributed by atoms with Crippen LogP contribution < -0.4 is 0 Å². The van der Waals surface area contributed by atoms with E-state index in [4.69, 9.17) is 23.2 Å². The predicted molar refractivity (Wildman–Crippen MR) is 66.4 cm³/mol. The molecule has 0 aliphatic heterocycles. The zero-order valence-corrected chi connectivity index (χ0v) is 10.8. The van der Waals surface area contributed by atoms with Gasteiger partial charge in [-0.1, -0.05) is 0 Å². The molecular weight excluding hydrogens is 253 g/mol. The molecule has 1 aromatic heterocycles. The number of hydrogen-bond donors (Lipinski definition) is 0. The highest BCUT2D eigenvalue weighted by Gasteiger charge is 2.16. The van der Waals surface area contributed by atoms with E-state index in [9.17, 15) is 4.79 Å². The van der Waals surface area contributed by atoms with Gasteiger partial charge in [0.1, 0.15) is 0 Å². The van der Waals surface area contributed by atoms with E-state index >= 15 is 0 Å². The first-order chi connectivity index (χ1) is 7.20. The summed E-state index contributed by atoms with van der Waals surface area (Å²) in [5.74, 6) is 0.896. The van der Waals surface area contributed by atoms with E-state index < -0.39 is 0 Å². The van der Waals surface area contributed by atoms with Crippen molar-refractivity contribution < 1.29 is 4.79 Å². The van der Waals surface area contributed by atoms with Gasteiger partial charge in [0.25, 0.3) is 5.91 Å². The Kier molecular flexibility index (Phi) is 5.43. The maximum Gasteiger partial charge on any atom is 0.255 e. The average molecular weight is 266 g/mol. The molecule has 0 spiro atoms. The maximum atomic E-state index is 12.0. The number of thiophene rings is 1. The lowest BCUT2D eigenvalue weighted by Crippen LogP contribution is -2.34. The smallest absolute Gasteiger partial charge is 0.255 e. The molecule has 0 fully saturated rings. The zero-order chi connectivity index (χ0) is 11.3. The van der Waals surface area contributed by atoms with Crippen LogP contribution in [0.1, 0.15) is 15.9 Å². The van der Waals surface area contributed by atoms with Gasteiger partial charge in [-0.2, -0.15) is 11.3 Å². The number of amides is 1. The van der Waals surface area contributed by atoms with Crippen LogP contribution in [0.2, 0.25) is 0 Å². The van der Waals surface area contributed by atoms with Crippen molar-refractivity contribution in [1.82, 2.24) is 4.90 Å². The summed E-state index contributed by atoms with van der Waals surface area (Å²) in [6.07, 6.45) is 0. The molecule has 0 saturated heterocycles. The van der Waals surface area contributed by atoms with Crippen molar-refractivity contribution in [3.8, 4) is 0 Å². The van der Waals surface area contributed by atoms with E-state index in [0.29, 0.717) is 24.8 Å². The molecule has 0 saturated carbocycles. The summed E-state index contributed by atoms with van der Waals surface area (Å²) >= 11 is 12.8. The van der Waals surface area contributed by atoms with Gasteiger partial charge in [0, 0.05) is 30.2 Å². The maximum absolute atomic E-state index is 12.0. The van der Waals surface area contributed by atoms with Gasteiger partial charge in [-0.15, -0.1) is 23.2 Å². The molecule has 1 rings (SSSR count). The second-order valence-electron chi connectivity index (χ2n) is 3.14. The van der Waals surface area contributed by atoms with E-state index in [1.165, 1.54) is 11.3 Å². The zero-order valence-electron chi connectivity index (χ0n) is 8.50. The summed E-state index contributed by atoms with van der Waals surface area (Å²) in [7, 11) is 0. The number of halogens is 2. The van der Waals surface area contributed by atoms with E-state index in [-0.39, 0.29) is 5.91 Å². The number of hydrogen-bond acceptors (Lipinski definition) is 2. The van der Waals surface area contributed by atoms with E-state index in [2.05, 4.69) is 0 Å². The molecule has 5 heteroatoms. The molecule has 15 heavy (non-hydrogen) atoms. The summed E-state index contributed by atoms with van der Waals surface area (Å²) < 4.78 is 0. The molecule has 1 heterocycles. The summed E-state index contributed by atoms with van der Waals surface area (Å²) in [5, 5.41) is 3.83. The first kappa shape index (κ1) is 12.8. The molecule has 1 aromatic rings. The number of nitrogens with zero attached hydrogens (tertiary/aromatic N) is 1. The third-order valence-electron chi connectivity index (χ3n) is 2.08. The minimum absolute atomic E-state index is 0.0232. The highest BCUT2D eigenvalue weighted by molar-refractivity contribution is 7.08. The van der Waals surface area contributed by atoms with Crippen LogP contribution >= 0.6 is 34.5 Å². The number of carbonyl (C=O) groups excluding carboxylic acids is 1. The highest BCUT2D eigenvalue weighted by atomic mass is 35.5. The molecule has 0 aliphatic carbocycles. The molecule has 0 radical (unpaired) electrons. The lowest BCUT2D eigenvalue weighted by atomic mass is 10.2. The molecule has 84 valence electrons. The van der Waals surface area contributed by atoms with Gasteiger partial charge in [-0.05, 0) is 17.9 Å². The van der Waals surface area contributed by atoms with Crippen molar-refractivity contribution in [3.63, 3.8) is 0 Å². The van der Waals surface area contributed by atoms with Gasteiger partial charge in [-0.3, -0.25) is 4.79 Å². The van der Waals surface area contributed by atoms with Crippen LogP contribution in [0.5, 0.6) is 0 Å². The fraction of sp³-hybridized carbons (Fsp3) is 0.500. The Morgan fingerprint density at radius 3 is 2.33 bits per heavy atom. The Bertz CT molecular complexity index is 321. The monoisotopic (exact) mass is 265 g/mol. The van der Waals surface area contributed by atoms with Gasteiger partial charge in [0.2, 0.25) is 0 Å². The topological polar surface area (TPSA) is 20.3 Å². The molecule has 1 amide bonds. The van der Waals surface area contributed by atoms with Crippen molar-refractivity contribution >= 4 is 40.4 Å². The molecule has 0 unspecified atom stereocenters.